The van der Waals surface area contributed by atoms with Gasteiger partial charge in [-0.1, -0.05) is 27.2 Å². The molecule has 18 heavy (non-hydrogen) atoms. The molecule has 0 aromatic rings. The largest absolute Gasteiger partial charge is 0.328 e. The van der Waals surface area contributed by atoms with Crippen LogP contribution >= 0.6 is 0 Å². The average Bonchev–Trinajstić information content (AvgIpc) is 2.85. The topological polar surface area (TPSA) is 63.4 Å². The van der Waals surface area contributed by atoms with Crippen LogP contribution in [0, 0.1) is 23.7 Å². The zero-order chi connectivity index (χ0) is 13.4. The number of rotatable bonds is 4. The number of fused-ring (bicyclic) bond motifs is 1. The molecule has 3 unspecified atom stereocenters. The van der Waals surface area contributed by atoms with Gasteiger partial charge in [0.25, 0.3) is 0 Å². The highest BCUT2D eigenvalue weighted by molar-refractivity contribution is 6.05. The Kier molecular flexibility index (Phi) is 3.76. The molecule has 102 valence electrons. The number of carbonyl (C=O) groups is 2. The predicted molar refractivity (Wildman–Crippen MR) is 69.5 cm³/mol. The van der Waals surface area contributed by atoms with Gasteiger partial charge in [-0.2, -0.15) is 0 Å². The number of imide groups is 1. The summed E-state index contributed by atoms with van der Waals surface area (Å²) >= 11 is 0. The summed E-state index contributed by atoms with van der Waals surface area (Å²) in [4.78, 5) is 26.3. The molecular formula is C14H24N2O2. The predicted octanol–water partition coefficient (Wildman–Crippen LogP) is 1.39. The molecule has 1 saturated heterocycles. The Morgan fingerprint density at radius 2 is 1.72 bits per heavy atom. The second-order valence-electron chi connectivity index (χ2n) is 6.05. The lowest BCUT2D eigenvalue weighted by atomic mass is 10.00. The number of hydrogen-bond acceptors (Lipinski definition) is 3. The van der Waals surface area contributed by atoms with Gasteiger partial charge >= 0.3 is 0 Å². The van der Waals surface area contributed by atoms with Gasteiger partial charge < -0.3 is 5.73 Å². The molecule has 1 saturated carbocycles. The highest BCUT2D eigenvalue weighted by atomic mass is 16.2. The first-order valence-electron chi connectivity index (χ1n) is 7.08. The molecule has 2 amide bonds. The first-order chi connectivity index (χ1) is 8.51. The average molecular weight is 252 g/mol. The Morgan fingerprint density at radius 1 is 1.22 bits per heavy atom. The third kappa shape index (κ3) is 1.96. The normalized spacial score (nSPS) is 33.4. The van der Waals surface area contributed by atoms with Gasteiger partial charge in [-0.3, -0.25) is 14.5 Å². The monoisotopic (exact) mass is 252 g/mol. The molecule has 1 aliphatic carbocycles. The van der Waals surface area contributed by atoms with E-state index in [-0.39, 0.29) is 35.6 Å². The molecule has 4 heteroatoms. The zero-order valence-corrected chi connectivity index (χ0v) is 11.6. The van der Waals surface area contributed by atoms with Gasteiger partial charge in [-0.15, -0.1) is 0 Å². The molecule has 2 N–H and O–H groups in total. The van der Waals surface area contributed by atoms with E-state index in [0.29, 0.717) is 12.5 Å². The van der Waals surface area contributed by atoms with E-state index >= 15 is 0 Å². The van der Waals surface area contributed by atoms with Crippen LogP contribution in [0.5, 0.6) is 0 Å². The van der Waals surface area contributed by atoms with Gasteiger partial charge in [0.2, 0.25) is 11.8 Å². The van der Waals surface area contributed by atoms with Crippen molar-refractivity contribution in [3.63, 3.8) is 0 Å². The molecule has 1 heterocycles. The minimum atomic E-state index is -0.129. The quantitative estimate of drug-likeness (QED) is 0.769. The first-order valence-corrected chi connectivity index (χ1v) is 7.08. The Bertz CT molecular complexity index is 330. The van der Waals surface area contributed by atoms with E-state index in [4.69, 9.17) is 5.73 Å². The van der Waals surface area contributed by atoms with Crippen molar-refractivity contribution in [1.29, 1.82) is 0 Å². The second-order valence-corrected chi connectivity index (χ2v) is 6.05. The molecule has 4 nitrogen and oxygen atoms in total. The summed E-state index contributed by atoms with van der Waals surface area (Å²) in [7, 11) is 0. The Balaban J connectivity index is 2.18. The third-order valence-electron chi connectivity index (χ3n) is 4.69. The number of nitrogens with zero attached hydrogens (tertiary/aromatic N) is 1. The smallest absolute Gasteiger partial charge is 0.233 e. The lowest BCUT2D eigenvalue weighted by Gasteiger charge is -2.29. The van der Waals surface area contributed by atoms with Crippen LogP contribution in [0.2, 0.25) is 0 Å². The van der Waals surface area contributed by atoms with E-state index in [1.807, 2.05) is 13.8 Å². The van der Waals surface area contributed by atoms with Crippen LogP contribution in [0.1, 0.15) is 40.0 Å². The summed E-state index contributed by atoms with van der Waals surface area (Å²) in [6.45, 7) is 6.53. The Hall–Kier alpha value is -0.900. The molecule has 0 spiro atoms. The third-order valence-corrected chi connectivity index (χ3v) is 4.69. The molecule has 2 rings (SSSR count). The van der Waals surface area contributed by atoms with Gasteiger partial charge in [-0.05, 0) is 24.7 Å². The van der Waals surface area contributed by atoms with Crippen LogP contribution in [0.3, 0.4) is 0 Å². The number of likely N-dealkylation sites (tertiary alicyclic amines) is 1. The zero-order valence-electron chi connectivity index (χ0n) is 11.6. The van der Waals surface area contributed by atoms with Gasteiger partial charge in [0.05, 0.1) is 17.9 Å². The summed E-state index contributed by atoms with van der Waals surface area (Å²) in [5, 5.41) is 0. The van der Waals surface area contributed by atoms with Crippen LogP contribution in [0.25, 0.3) is 0 Å². The van der Waals surface area contributed by atoms with Crippen molar-refractivity contribution in [3.8, 4) is 0 Å². The van der Waals surface area contributed by atoms with E-state index < -0.39 is 0 Å². The number of carbonyl (C=O) groups excluding carboxylic acids is 2. The summed E-state index contributed by atoms with van der Waals surface area (Å²) in [5.74, 6) is 0.717. The summed E-state index contributed by atoms with van der Waals surface area (Å²) in [5.41, 5.74) is 5.74. The van der Waals surface area contributed by atoms with E-state index in [9.17, 15) is 9.59 Å². The van der Waals surface area contributed by atoms with Crippen molar-refractivity contribution in [1.82, 2.24) is 4.90 Å². The lowest BCUT2D eigenvalue weighted by molar-refractivity contribution is -0.144. The fourth-order valence-corrected chi connectivity index (χ4v) is 3.49. The van der Waals surface area contributed by atoms with Crippen LogP contribution in [-0.4, -0.2) is 29.3 Å². The summed E-state index contributed by atoms with van der Waals surface area (Å²) < 4.78 is 0. The van der Waals surface area contributed by atoms with Crippen molar-refractivity contribution in [3.05, 3.63) is 0 Å². The number of nitrogens with two attached hydrogens (primary N) is 1. The van der Waals surface area contributed by atoms with Crippen LogP contribution in [0.4, 0.5) is 0 Å². The van der Waals surface area contributed by atoms with Gasteiger partial charge in [-0.25, -0.2) is 0 Å². The standard InChI is InChI=1S/C14H24N2O2/c1-4-9-5-10-11(6-9)14(18)16(13(10)17)12(7-15)8(2)3/h8-12H,4-7,15H2,1-3H3. The minimum Gasteiger partial charge on any atom is -0.328 e. The van der Waals surface area contributed by atoms with Gasteiger partial charge in [0, 0.05) is 6.54 Å². The maximum absolute atomic E-state index is 12.4. The minimum absolute atomic E-state index is 0.0325. The summed E-state index contributed by atoms with van der Waals surface area (Å²) in [6.07, 6.45) is 2.84. The highest BCUT2D eigenvalue weighted by Gasteiger charge is 2.53. The molecule has 0 aromatic carbocycles. The molecule has 0 bridgehead atoms. The molecule has 3 atom stereocenters. The maximum Gasteiger partial charge on any atom is 0.233 e. The van der Waals surface area contributed by atoms with Crippen molar-refractivity contribution in [2.24, 2.45) is 29.4 Å². The van der Waals surface area contributed by atoms with E-state index in [2.05, 4.69) is 6.92 Å². The molecule has 0 radical (unpaired) electrons. The SMILES string of the molecule is CCC1CC2C(=O)N(C(CN)C(C)C)C(=O)C2C1. The van der Waals surface area contributed by atoms with E-state index in [0.717, 1.165) is 19.3 Å². The highest BCUT2D eigenvalue weighted by Crippen LogP contribution is 2.45. The Labute approximate surface area is 109 Å². The summed E-state index contributed by atoms with van der Waals surface area (Å²) in [6, 6.07) is -0.129. The molecule has 2 aliphatic rings. The fourth-order valence-electron chi connectivity index (χ4n) is 3.49. The van der Waals surface area contributed by atoms with Crippen molar-refractivity contribution in [2.45, 2.75) is 46.1 Å². The van der Waals surface area contributed by atoms with Crippen molar-refractivity contribution >= 4 is 11.8 Å². The van der Waals surface area contributed by atoms with Crippen LogP contribution in [0.15, 0.2) is 0 Å². The van der Waals surface area contributed by atoms with Crippen LogP contribution < -0.4 is 5.73 Å². The van der Waals surface area contributed by atoms with E-state index in [1.54, 1.807) is 0 Å². The second kappa shape index (κ2) is 5.00. The van der Waals surface area contributed by atoms with Gasteiger partial charge in [0.15, 0.2) is 0 Å². The number of amides is 2. The molecule has 0 aromatic heterocycles. The number of hydrogen-bond donors (Lipinski definition) is 1. The first kappa shape index (κ1) is 13.5. The molecular weight excluding hydrogens is 228 g/mol. The van der Waals surface area contributed by atoms with E-state index in [1.165, 1.54) is 4.90 Å². The molecule has 2 fully saturated rings. The fraction of sp³-hybridized carbons (Fsp3) is 0.857. The molecule has 1 aliphatic heterocycles. The van der Waals surface area contributed by atoms with Gasteiger partial charge in [0.1, 0.15) is 0 Å². The maximum atomic E-state index is 12.4. The Morgan fingerprint density at radius 3 is 2.06 bits per heavy atom. The van der Waals surface area contributed by atoms with Crippen molar-refractivity contribution in [2.75, 3.05) is 6.54 Å². The lowest BCUT2D eigenvalue weighted by Crippen LogP contribution is -2.48. The van der Waals surface area contributed by atoms with Crippen LogP contribution in [-0.2, 0) is 9.59 Å². The van der Waals surface area contributed by atoms with Crippen molar-refractivity contribution < 1.29 is 9.59 Å².